The minimum Gasteiger partial charge on any atom is -0.456 e. The molecule has 2 N–H and O–H groups in total. The van der Waals surface area contributed by atoms with E-state index in [9.17, 15) is 0 Å². The molecule has 214 valence electrons. The van der Waals surface area contributed by atoms with Crippen molar-refractivity contribution < 1.29 is 4.42 Å². The molecule has 45 heavy (non-hydrogen) atoms. The molecule has 2 unspecified atom stereocenters. The largest absolute Gasteiger partial charge is 0.456 e. The molecule has 7 aromatic carbocycles. The molecule has 8 aromatic rings. The summed E-state index contributed by atoms with van der Waals surface area (Å²) in [6, 6.07) is 53.3. The summed E-state index contributed by atoms with van der Waals surface area (Å²) in [5, 5.41) is 14.5. The molecule has 1 aromatic heterocycles. The Morgan fingerprint density at radius 2 is 1.20 bits per heavy atom. The fourth-order valence-corrected chi connectivity index (χ4v) is 6.83. The Morgan fingerprint density at radius 1 is 0.533 bits per heavy atom. The third kappa shape index (κ3) is 4.38. The number of rotatable bonds is 4. The van der Waals surface area contributed by atoms with Gasteiger partial charge in [-0.05, 0) is 62.0 Å². The molecular weight excluding hydrogens is 550 g/mol. The van der Waals surface area contributed by atoms with Crippen LogP contribution < -0.4 is 10.6 Å². The van der Waals surface area contributed by atoms with E-state index in [4.69, 9.17) is 9.41 Å². The van der Waals surface area contributed by atoms with E-state index in [-0.39, 0.29) is 12.3 Å². The van der Waals surface area contributed by atoms with Crippen molar-refractivity contribution in [1.82, 2.24) is 10.6 Å². The molecular formula is C41H29N3O. The van der Waals surface area contributed by atoms with Crippen molar-refractivity contribution in [2.45, 2.75) is 12.3 Å². The number of aliphatic imine (C=N–C) groups is 1. The zero-order valence-electron chi connectivity index (χ0n) is 24.4. The zero-order chi connectivity index (χ0) is 29.7. The minimum atomic E-state index is -0.271. The van der Waals surface area contributed by atoms with E-state index >= 15 is 0 Å². The second-order valence-electron chi connectivity index (χ2n) is 11.6. The highest BCUT2D eigenvalue weighted by Crippen LogP contribution is 2.39. The summed E-state index contributed by atoms with van der Waals surface area (Å²) in [5.74, 6) is 0.833. The number of hydrogen-bond acceptors (Lipinski definition) is 4. The van der Waals surface area contributed by atoms with Gasteiger partial charge in [0.15, 0.2) is 0 Å². The van der Waals surface area contributed by atoms with Gasteiger partial charge in [-0.25, -0.2) is 4.99 Å². The molecule has 4 heteroatoms. The van der Waals surface area contributed by atoms with Gasteiger partial charge in [0.05, 0.1) is 0 Å². The lowest BCUT2D eigenvalue weighted by atomic mass is 9.94. The molecule has 0 bridgehead atoms. The van der Waals surface area contributed by atoms with Crippen LogP contribution >= 0.6 is 0 Å². The summed E-state index contributed by atoms with van der Waals surface area (Å²) < 4.78 is 6.54. The first kappa shape index (κ1) is 25.8. The van der Waals surface area contributed by atoms with Gasteiger partial charge in [0.2, 0.25) is 0 Å². The van der Waals surface area contributed by atoms with Crippen LogP contribution in [0.1, 0.15) is 29.0 Å². The maximum atomic E-state index is 6.54. The third-order valence-corrected chi connectivity index (χ3v) is 8.95. The Kier molecular flexibility index (Phi) is 6.00. The van der Waals surface area contributed by atoms with Gasteiger partial charge in [0, 0.05) is 16.3 Å². The summed E-state index contributed by atoms with van der Waals surface area (Å²) >= 11 is 0. The van der Waals surface area contributed by atoms with Gasteiger partial charge < -0.3 is 9.73 Å². The van der Waals surface area contributed by atoms with Crippen molar-refractivity contribution in [2.75, 3.05) is 0 Å². The fourth-order valence-electron chi connectivity index (χ4n) is 6.83. The first-order valence-corrected chi connectivity index (χ1v) is 15.4. The standard InChI is InChI=1S/C41H29N3O/c1-2-14-28(15-3-1)39-42-40(33-22-11-17-27-13-5-7-19-31(27)33)44-41(43-39)35-24-29(32-21-10-16-26-12-4-6-18-30(26)32)25-37-38(35)34-20-8-9-23-36(34)45-37/h1-25,39-40,42H,(H,43,44). The number of benzene rings is 7. The molecule has 1 aliphatic heterocycles. The highest BCUT2D eigenvalue weighted by atomic mass is 16.3. The van der Waals surface area contributed by atoms with Crippen LogP contribution in [-0.4, -0.2) is 5.84 Å². The van der Waals surface area contributed by atoms with Crippen LogP contribution in [0, 0.1) is 0 Å². The third-order valence-electron chi connectivity index (χ3n) is 8.95. The molecule has 2 heterocycles. The monoisotopic (exact) mass is 579 g/mol. The zero-order valence-corrected chi connectivity index (χ0v) is 24.4. The lowest BCUT2D eigenvalue weighted by Gasteiger charge is -2.33. The summed E-state index contributed by atoms with van der Waals surface area (Å²) in [5.41, 5.74) is 7.28. The summed E-state index contributed by atoms with van der Waals surface area (Å²) in [7, 11) is 0. The first-order chi connectivity index (χ1) is 22.3. The van der Waals surface area contributed by atoms with Gasteiger partial charge in [-0.1, -0.05) is 133 Å². The van der Waals surface area contributed by atoms with Crippen LogP contribution in [0.15, 0.2) is 161 Å². The molecule has 0 fully saturated rings. The fraction of sp³-hybridized carbons (Fsp3) is 0.0488. The van der Waals surface area contributed by atoms with E-state index in [1.807, 2.05) is 12.1 Å². The van der Waals surface area contributed by atoms with Crippen LogP contribution in [0.4, 0.5) is 0 Å². The predicted octanol–water partition coefficient (Wildman–Crippen LogP) is 9.90. The minimum absolute atomic E-state index is 0.155. The Labute approximate surface area is 260 Å². The van der Waals surface area contributed by atoms with Crippen molar-refractivity contribution >= 4 is 49.3 Å². The van der Waals surface area contributed by atoms with Gasteiger partial charge in [-0.3, -0.25) is 5.32 Å². The number of para-hydroxylation sites is 1. The van der Waals surface area contributed by atoms with Crippen molar-refractivity contribution in [1.29, 1.82) is 0 Å². The highest BCUT2D eigenvalue weighted by molar-refractivity contribution is 6.19. The van der Waals surface area contributed by atoms with E-state index in [0.717, 1.165) is 55.6 Å². The molecule has 0 amide bonds. The van der Waals surface area contributed by atoms with Gasteiger partial charge in [0.1, 0.15) is 29.3 Å². The van der Waals surface area contributed by atoms with E-state index in [2.05, 4.69) is 150 Å². The molecule has 4 nitrogen and oxygen atoms in total. The van der Waals surface area contributed by atoms with Gasteiger partial charge in [-0.2, -0.15) is 0 Å². The Bertz CT molecular complexity index is 2400. The summed E-state index contributed by atoms with van der Waals surface area (Å²) in [6.07, 6.45) is -0.427. The summed E-state index contributed by atoms with van der Waals surface area (Å²) in [6.45, 7) is 0. The number of furan rings is 1. The van der Waals surface area contributed by atoms with E-state index in [1.165, 1.54) is 21.5 Å². The summed E-state index contributed by atoms with van der Waals surface area (Å²) in [4.78, 5) is 5.43. The van der Waals surface area contributed by atoms with Crippen LogP contribution in [-0.2, 0) is 0 Å². The molecule has 0 spiro atoms. The average molecular weight is 580 g/mol. The Morgan fingerprint density at radius 3 is 2.04 bits per heavy atom. The topological polar surface area (TPSA) is 49.6 Å². The van der Waals surface area contributed by atoms with E-state index < -0.39 is 0 Å². The van der Waals surface area contributed by atoms with Crippen molar-refractivity contribution in [3.63, 3.8) is 0 Å². The van der Waals surface area contributed by atoms with E-state index in [1.54, 1.807) is 0 Å². The van der Waals surface area contributed by atoms with Crippen LogP contribution in [0.3, 0.4) is 0 Å². The van der Waals surface area contributed by atoms with Gasteiger partial charge in [0.25, 0.3) is 0 Å². The second-order valence-corrected chi connectivity index (χ2v) is 11.6. The maximum absolute atomic E-state index is 6.54. The molecule has 0 radical (unpaired) electrons. The number of nitrogens with one attached hydrogen (secondary N) is 2. The number of amidine groups is 1. The molecule has 1 aliphatic rings. The highest BCUT2D eigenvalue weighted by Gasteiger charge is 2.28. The van der Waals surface area contributed by atoms with Crippen LogP contribution in [0.5, 0.6) is 0 Å². The molecule has 0 saturated carbocycles. The van der Waals surface area contributed by atoms with Crippen LogP contribution in [0.25, 0.3) is 54.6 Å². The quantitative estimate of drug-likeness (QED) is 0.218. The molecule has 2 atom stereocenters. The smallest absolute Gasteiger partial charge is 0.136 e. The number of fused-ring (bicyclic) bond motifs is 5. The van der Waals surface area contributed by atoms with Crippen molar-refractivity contribution in [3.05, 3.63) is 168 Å². The molecule has 9 rings (SSSR count). The SMILES string of the molecule is c1ccc(C2NC(c3cc(-c4cccc5ccccc45)cc4oc5ccccc5c34)=NC(c3cccc4ccccc34)N2)cc1. The van der Waals surface area contributed by atoms with Gasteiger partial charge >= 0.3 is 0 Å². The lowest BCUT2D eigenvalue weighted by Crippen LogP contribution is -2.45. The Hall–Kier alpha value is -5.71. The number of hydrogen-bond donors (Lipinski definition) is 2. The second kappa shape index (κ2) is 10.5. The van der Waals surface area contributed by atoms with E-state index in [0.29, 0.717) is 0 Å². The van der Waals surface area contributed by atoms with Crippen LogP contribution in [0.2, 0.25) is 0 Å². The average Bonchev–Trinajstić information content (AvgIpc) is 3.49. The Balaban J connectivity index is 1.31. The predicted molar refractivity (Wildman–Crippen MR) is 185 cm³/mol. The van der Waals surface area contributed by atoms with Crippen molar-refractivity contribution in [3.8, 4) is 11.1 Å². The van der Waals surface area contributed by atoms with Crippen molar-refractivity contribution in [2.24, 2.45) is 4.99 Å². The molecule has 0 saturated heterocycles. The number of nitrogens with zero attached hydrogens (tertiary/aromatic N) is 1. The lowest BCUT2D eigenvalue weighted by molar-refractivity contribution is 0.411. The first-order valence-electron chi connectivity index (χ1n) is 15.4. The van der Waals surface area contributed by atoms with Gasteiger partial charge in [-0.15, -0.1) is 0 Å². The normalized spacial score (nSPS) is 16.7. The molecule has 0 aliphatic carbocycles. The maximum Gasteiger partial charge on any atom is 0.136 e.